The molecule has 3 saturated heterocycles. The smallest absolute Gasteiger partial charge is 0.291 e. The molecule has 3 amide bonds. The second-order valence-electron chi connectivity index (χ2n) is 7.07. The van der Waals surface area contributed by atoms with Gasteiger partial charge in [-0.3, -0.25) is 19.3 Å². The van der Waals surface area contributed by atoms with Crippen molar-refractivity contribution in [2.45, 2.75) is 24.4 Å². The number of quaternary nitrogens is 1. The Balaban J connectivity index is 1.80. The van der Waals surface area contributed by atoms with E-state index in [2.05, 4.69) is 5.32 Å². The van der Waals surface area contributed by atoms with Crippen LogP contribution in [0.1, 0.15) is 18.4 Å². The van der Waals surface area contributed by atoms with Gasteiger partial charge in [0.05, 0.1) is 12.2 Å². The first-order chi connectivity index (χ1) is 11.1. The minimum atomic E-state index is -0.931. The van der Waals surface area contributed by atoms with Crippen molar-refractivity contribution < 1.29 is 19.3 Å². The van der Waals surface area contributed by atoms with Gasteiger partial charge in [0.25, 0.3) is 5.91 Å². The number of hydrogen-bond donors (Lipinski definition) is 2. The maximum Gasteiger partial charge on any atom is 0.291 e. The van der Waals surface area contributed by atoms with Gasteiger partial charge < -0.3 is 10.2 Å². The molecule has 3 fully saturated rings. The van der Waals surface area contributed by atoms with Gasteiger partial charge in [-0.05, 0) is 6.07 Å². The topological polar surface area (TPSA) is 70.9 Å². The van der Waals surface area contributed by atoms with Crippen molar-refractivity contribution in [2.75, 3.05) is 18.9 Å². The third-order valence-electron chi connectivity index (χ3n) is 6.35. The molecule has 1 spiro atoms. The third kappa shape index (κ3) is 1.25. The molecule has 0 aromatic heterocycles. The Kier molecular flexibility index (Phi) is 2.30. The lowest BCUT2D eigenvalue weighted by Crippen LogP contribution is -3.19. The van der Waals surface area contributed by atoms with E-state index < -0.39 is 11.5 Å². The van der Waals surface area contributed by atoms with E-state index in [-0.39, 0.29) is 29.7 Å². The second kappa shape index (κ2) is 4.00. The highest BCUT2D eigenvalue weighted by molar-refractivity contribution is 6.13. The number of benzene rings is 1. The molecule has 1 unspecified atom stereocenters. The van der Waals surface area contributed by atoms with Crippen molar-refractivity contribution in [3.05, 3.63) is 29.8 Å². The SMILES string of the molecule is CN1C(=O)[C@@H]2[C@@H](C1=O)[C@]1(C(=O)Nc3ccccc31)[NH+]1CCC[C@@H]21. The molecule has 0 aliphatic carbocycles. The van der Waals surface area contributed by atoms with E-state index in [1.807, 2.05) is 24.3 Å². The fraction of sp³-hybridized carbons (Fsp3) is 0.471. The molecule has 1 aromatic carbocycles. The number of imide groups is 1. The minimum absolute atomic E-state index is 0.0679. The van der Waals surface area contributed by atoms with E-state index in [0.29, 0.717) is 0 Å². The van der Waals surface area contributed by atoms with Crippen LogP contribution in [0, 0.1) is 11.8 Å². The van der Waals surface area contributed by atoms with E-state index in [9.17, 15) is 14.4 Å². The number of hydrogen-bond acceptors (Lipinski definition) is 3. The maximum atomic E-state index is 13.1. The van der Waals surface area contributed by atoms with E-state index in [0.717, 1.165) is 35.5 Å². The number of para-hydroxylation sites is 1. The third-order valence-corrected chi connectivity index (χ3v) is 6.35. The maximum absolute atomic E-state index is 13.1. The molecule has 5 rings (SSSR count). The molecule has 0 saturated carbocycles. The highest BCUT2D eigenvalue weighted by Crippen LogP contribution is 2.51. The standard InChI is InChI=1S/C17H17N3O3/c1-19-14(21)12-11-7-4-8-20(11)17(13(12)15(19)22)9-5-2-3-6-10(9)18-16(17)23/h2-3,5-6,11-13H,4,7-8H2,1H3,(H,18,23)/p+1/t11-,12-,13-,17+/m0/s1. The van der Waals surface area contributed by atoms with Crippen LogP contribution in [0.5, 0.6) is 0 Å². The molecule has 118 valence electrons. The molecule has 4 aliphatic heterocycles. The average molecular weight is 312 g/mol. The Labute approximate surface area is 133 Å². The normalized spacial score (nSPS) is 40.6. The Morgan fingerprint density at radius 2 is 2.00 bits per heavy atom. The fourth-order valence-corrected chi connectivity index (χ4v) is 5.56. The summed E-state index contributed by atoms with van der Waals surface area (Å²) in [5.41, 5.74) is 0.738. The van der Waals surface area contributed by atoms with Crippen molar-refractivity contribution in [1.29, 1.82) is 0 Å². The monoisotopic (exact) mass is 312 g/mol. The summed E-state index contributed by atoms with van der Waals surface area (Å²) in [6.45, 7) is 0.837. The van der Waals surface area contributed by atoms with Gasteiger partial charge in [0.15, 0.2) is 0 Å². The van der Waals surface area contributed by atoms with Gasteiger partial charge in [-0.1, -0.05) is 18.2 Å². The number of likely N-dealkylation sites (tertiary alicyclic amines) is 1. The highest BCUT2D eigenvalue weighted by Gasteiger charge is 2.77. The summed E-state index contributed by atoms with van der Waals surface area (Å²) in [6.07, 6.45) is 1.89. The quantitative estimate of drug-likeness (QED) is 0.612. The Morgan fingerprint density at radius 3 is 2.83 bits per heavy atom. The van der Waals surface area contributed by atoms with Crippen LogP contribution in [-0.4, -0.2) is 42.3 Å². The van der Waals surface area contributed by atoms with Crippen LogP contribution < -0.4 is 10.2 Å². The molecule has 4 aliphatic rings. The Bertz CT molecular complexity index is 776. The van der Waals surface area contributed by atoms with Crippen molar-refractivity contribution in [1.82, 2.24) is 4.90 Å². The summed E-state index contributed by atoms with van der Waals surface area (Å²) in [4.78, 5) is 41.0. The number of carbonyl (C=O) groups excluding carboxylic acids is 3. The highest BCUT2D eigenvalue weighted by atomic mass is 16.2. The van der Waals surface area contributed by atoms with Gasteiger partial charge in [0.2, 0.25) is 17.4 Å². The average Bonchev–Trinajstić information content (AvgIpc) is 3.23. The van der Waals surface area contributed by atoms with E-state index >= 15 is 0 Å². The zero-order chi connectivity index (χ0) is 15.9. The predicted octanol–water partition coefficient (Wildman–Crippen LogP) is -0.874. The number of amides is 3. The van der Waals surface area contributed by atoms with E-state index in [4.69, 9.17) is 0 Å². The zero-order valence-electron chi connectivity index (χ0n) is 12.8. The van der Waals surface area contributed by atoms with Crippen molar-refractivity contribution in [3.8, 4) is 0 Å². The number of rotatable bonds is 0. The van der Waals surface area contributed by atoms with Crippen LogP contribution in [0.2, 0.25) is 0 Å². The largest absolute Gasteiger partial charge is 0.320 e. The van der Waals surface area contributed by atoms with Gasteiger partial charge >= 0.3 is 0 Å². The number of fused-ring (bicyclic) bond motifs is 7. The molecule has 0 bridgehead atoms. The summed E-state index contributed by atoms with van der Waals surface area (Å²) in [6, 6.07) is 7.68. The zero-order valence-corrected chi connectivity index (χ0v) is 12.8. The molecule has 6 heteroatoms. The summed E-state index contributed by atoms with van der Waals surface area (Å²) >= 11 is 0. The van der Waals surface area contributed by atoms with Crippen molar-refractivity contribution >= 4 is 23.4 Å². The Hall–Kier alpha value is -2.21. The first-order valence-corrected chi connectivity index (χ1v) is 8.17. The Morgan fingerprint density at radius 1 is 1.22 bits per heavy atom. The van der Waals surface area contributed by atoms with Gasteiger partial charge in [0, 0.05) is 25.5 Å². The molecule has 2 N–H and O–H groups in total. The number of nitrogens with zero attached hydrogens (tertiary/aromatic N) is 1. The van der Waals surface area contributed by atoms with Crippen LogP contribution in [0.15, 0.2) is 24.3 Å². The predicted molar refractivity (Wildman–Crippen MR) is 80.4 cm³/mol. The van der Waals surface area contributed by atoms with Gasteiger partial charge in [0.1, 0.15) is 17.9 Å². The second-order valence-corrected chi connectivity index (χ2v) is 7.07. The van der Waals surface area contributed by atoms with Crippen molar-refractivity contribution in [2.24, 2.45) is 11.8 Å². The first-order valence-electron chi connectivity index (χ1n) is 8.17. The van der Waals surface area contributed by atoms with Crippen molar-refractivity contribution in [3.63, 3.8) is 0 Å². The van der Waals surface area contributed by atoms with E-state index in [1.165, 1.54) is 4.90 Å². The molecule has 23 heavy (non-hydrogen) atoms. The number of carbonyl (C=O) groups is 3. The van der Waals surface area contributed by atoms with Crippen LogP contribution in [0.4, 0.5) is 5.69 Å². The van der Waals surface area contributed by atoms with Gasteiger partial charge in [-0.15, -0.1) is 0 Å². The van der Waals surface area contributed by atoms with Gasteiger partial charge in [-0.2, -0.15) is 0 Å². The van der Waals surface area contributed by atoms with Crippen LogP contribution in [-0.2, 0) is 19.9 Å². The van der Waals surface area contributed by atoms with Gasteiger partial charge in [-0.25, -0.2) is 0 Å². The molecule has 1 aromatic rings. The minimum Gasteiger partial charge on any atom is -0.320 e. The first kappa shape index (κ1) is 13.2. The summed E-state index contributed by atoms with van der Waals surface area (Å²) < 4.78 is 0. The lowest BCUT2D eigenvalue weighted by molar-refractivity contribution is -0.948. The molecule has 6 nitrogen and oxygen atoms in total. The lowest BCUT2D eigenvalue weighted by atomic mass is 9.75. The summed E-state index contributed by atoms with van der Waals surface area (Å²) in [7, 11) is 1.55. The van der Waals surface area contributed by atoms with Crippen LogP contribution in [0.3, 0.4) is 0 Å². The van der Waals surface area contributed by atoms with Crippen LogP contribution in [0.25, 0.3) is 0 Å². The van der Waals surface area contributed by atoms with E-state index in [1.54, 1.807) is 7.05 Å². The molecular formula is C17H18N3O3+. The molecule has 4 heterocycles. The number of anilines is 1. The lowest BCUT2D eigenvalue weighted by Gasteiger charge is -2.33. The molecule has 0 radical (unpaired) electrons. The summed E-state index contributed by atoms with van der Waals surface area (Å²) in [5, 5.41) is 2.96. The molecular weight excluding hydrogens is 294 g/mol. The van der Waals surface area contributed by atoms with Crippen LogP contribution >= 0.6 is 0 Å². The fourth-order valence-electron chi connectivity index (χ4n) is 5.56. The summed E-state index contributed by atoms with van der Waals surface area (Å²) in [5.74, 6) is -1.36. The molecule has 5 atom stereocenters. The number of nitrogens with one attached hydrogen (secondary N) is 2.